The Kier molecular flexibility index (Phi) is 5.99. The van der Waals surface area contributed by atoms with Crippen molar-refractivity contribution in [2.45, 2.75) is 20.3 Å². The third kappa shape index (κ3) is 5.04. The second-order valence-electron chi connectivity index (χ2n) is 5.85. The fourth-order valence-corrected chi connectivity index (χ4v) is 2.49. The van der Waals surface area contributed by atoms with Crippen LogP contribution in [0.2, 0.25) is 0 Å². The molecule has 27 heavy (non-hydrogen) atoms. The molecule has 2 N–H and O–H groups in total. The monoisotopic (exact) mass is 362 g/mol. The van der Waals surface area contributed by atoms with E-state index in [0.29, 0.717) is 18.2 Å². The number of hydrogen-bond donors (Lipinski definition) is 2. The molecule has 0 atom stereocenters. The van der Waals surface area contributed by atoms with Crippen LogP contribution in [0.5, 0.6) is 5.75 Å². The Morgan fingerprint density at radius 3 is 2.33 bits per heavy atom. The first-order valence-corrected chi connectivity index (χ1v) is 8.91. The van der Waals surface area contributed by atoms with Gasteiger partial charge in [0, 0.05) is 17.6 Å². The van der Waals surface area contributed by atoms with Crippen LogP contribution in [0.25, 0.3) is 0 Å². The number of nitrogens with one attached hydrogen (secondary N) is 2. The van der Waals surface area contributed by atoms with Gasteiger partial charge >= 0.3 is 0 Å². The Labute approximate surface area is 158 Å². The fraction of sp³-hybridized carbons (Fsp3) is 0.190. The van der Waals surface area contributed by atoms with Gasteiger partial charge < -0.3 is 15.4 Å². The van der Waals surface area contributed by atoms with Gasteiger partial charge in [-0.25, -0.2) is 9.97 Å². The summed E-state index contributed by atoms with van der Waals surface area (Å²) in [5.74, 6) is 0.836. The van der Waals surface area contributed by atoms with E-state index in [1.165, 1.54) is 5.56 Å². The van der Waals surface area contributed by atoms with Gasteiger partial charge in [-0.15, -0.1) is 0 Å². The maximum atomic E-state index is 12.5. The van der Waals surface area contributed by atoms with E-state index >= 15 is 0 Å². The SMILES string of the molecule is CCOc1ccc(NC(=O)c2ccnc(Nc3ccc(CC)cc3)n2)cc1. The van der Waals surface area contributed by atoms with E-state index in [1.54, 1.807) is 24.4 Å². The molecule has 0 aliphatic carbocycles. The number of rotatable bonds is 7. The second kappa shape index (κ2) is 8.80. The summed E-state index contributed by atoms with van der Waals surface area (Å²) in [6.45, 7) is 4.64. The second-order valence-corrected chi connectivity index (χ2v) is 5.85. The average molecular weight is 362 g/mol. The molecule has 6 nitrogen and oxygen atoms in total. The van der Waals surface area contributed by atoms with E-state index in [4.69, 9.17) is 4.74 Å². The minimum Gasteiger partial charge on any atom is -0.494 e. The number of carbonyl (C=O) groups excluding carboxylic acids is 1. The van der Waals surface area contributed by atoms with Crippen molar-refractivity contribution in [3.8, 4) is 5.75 Å². The summed E-state index contributed by atoms with van der Waals surface area (Å²) < 4.78 is 5.40. The van der Waals surface area contributed by atoms with Gasteiger partial charge in [-0.1, -0.05) is 19.1 Å². The molecule has 3 aromatic rings. The molecule has 1 amide bonds. The normalized spacial score (nSPS) is 10.3. The van der Waals surface area contributed by atoms with Gasteiger partial charge in [-0.2, -0.15) is 0 Å². The molecule has 0 saturated heterocycles. The summed E-state index contributed by atoms with van der Waals surface area (Å²) in [4.78, 5) is 20.9. The molecule has 2 aromatic carbocycles. The molecule has 0 unspecified atom stereocenters. The topological polar surface area (TPSA) is 76.1 Å². The summed E-state index contributed by atoms with van der Waals surface area (Å²) in [5, 5.41) is 5.94. The zero-order valence-corrected chi connectivity index (χ0v) is 15.4. The number of benzene rings is 2. The molecule has 6 heteroatoms. The predicted molar refractivity (Wildman–Crippen MR) is 107 cm³/mol. The molecule has 0 spiro atoms. The summed E-state index contributed by atoms with van der Waals surface area (Å²) in [6.07, 6.45) is 2.54. The molecule has 0 fully saturated rings. The first-order chi connectivity index (χ1) is 13.2. The van der Waals surface area contributed by atoms with Gasteiger partial charge in [0.2, 0.25) is 5.95 Å². The van der Waals surface area contributed by atoms with Crippen molar-refractivity contribution in [3.63, 3.8) is 0 Å². The van der Waals surface area contributed by atoms with Gasteiger partial charge in [0.25, 0.3) is 5.91 Å². The highest BCUT2D eigenvalue weighted by molar-refractivity contribution is 6.03. The van der Waals surface area contributed by atoms with Crippen LogP contribution < -0.4 is 15.4 Å². The third-order valence-corrected chi connectivity index (χ3v) is 3.93. The van der Waals surface area contributed by atoms with E-state index in [2.05, 4.69) is 27.5 Å². The number of hydrogen-bond acceptors (Lipinski definition) is 5. The van der Waals surface area contributed by atoms with Crippen LogP contribution in [0.4, 0.5) is 17.3 Å². The van der Waals surface area contributed by atoms with E-state index in [0.717, 1.165) is 17.9 Å². The molecular weight excluding hydrogens is 340 g/mol. The Morgan fingerprint density at radius 1 is 0.963 bits per heavy atom. The van der Waals surface area contributed by atoms with Crippen molar-refractivity contribution in [2.75, 3.05) is 17.2 Å². The van der Waals surface area contributed by atoms with Crippen molar-refractivity contribution in [1.29, 1.82) is 0 Å². The predicted octanol–water partition coefficient (Wildman–Crippen LogP) is 4.43. The van der Waals surface area contributed by atoms with Crippen molar-refractivity contribution in [2.24, 2.45) is 0 Å². The summed E-state index contributed by atoms with van der Waals surface area (Å²) in [7, 11) is 0. The zero-order valence-electron chi connectivity index (χ0n) is 15.4. The van der Waals surface area contributed by atoms with Gasteiger partial charge in [0.15, 0.2) is 0 Å². The van der Waals surface area contributed by atoms with Crippen LogP contribution in [0.15, 0.2) is 60.8 Å². The molecule has 138 valence electrons. The van der Waals surface area contributed by atoms with Crippen LogP contribution in [0.1, 0.15) is 29.9 Å². The van der Waals surface area contributed by atoms with Gasteiger partial charge in [0.1, 0.15) is 11.4 Å². The first kappa shape index (κ1) is 18.4. The first-order valence-electron chi connectivity index (χ1n) is 8.91. The molecule has 1 heterocycles. The molecule has 0 radical (unpaired) electrons. The van der Waals surface area contributed by atoms with Crippen molar-refractivity contribution < 1.29 is 9.53 Å². The quantitative estimate of drug-likeness (QED) is 0.650. The summed E-state index contributed by atoms with van der Waals surface area (Å²) in [6, 6.07) is 16.8. The maximum absolute atomic E-state index is 12.5. The molecular formula is C21H22N4O2. The minimum atomic E-state index is -0.300. The van der Waals surface area contributed by atoms with E-state index in [1.807, 2.05) is 43.3 Å². The highest BCUT2D eigenvalue weighted by atomic mass is 16.5. The smallest absolute Gasteiger partial charge is 0.274 e. The van der Waals surface area contributed by atoms with E-state index in [9.17, 15) is 4.79 Å². The number of amides is 1. The number of carbonyl (C=O) groups is 1. The maximum Gasteiger partial charge on any atom is 0.274 e. The van der Waals surface area contributed by atoms with Crippen molar-refractivity contribution >= 4 is 23.2 Å². The molecule has 0 saturated carbocycles. The Balaban J connectivity index is 1.67. The standard InChI is InChI=1S/C21H22N4O2/c1-3-15-5-7-17(8-6-15)24-21-22-14-13-19(25-21)20(26)23-16-9-11-18(12-10-16)27-4-2/h5-14H,3-4H2,1-2H3,(H,23,26)(H,22,24,25). The molecule has 3 rings (SSSR count). The van der Waals surface area contributed by atoms with E-state index < -0.39 is 0 Å². The Morgan fingerprint density at radius 2 is 1.67 bits per heavy atom. The van der Waals surface area contributed by atoms with Crippen LogP contribution in [-0.2, 0) is 6.42 Å². The number of ether oxygens (including phenoxy) is 1. The number of anilines is 3. The van der Waals surface area contributed by atoms with Gasteiger partial charge in [-0.3, -0.25) is 4.79 Å². The molecule has 1 aromatic heterocycles. The lowest BCUT2D eigenvalue weighted by molar-refractivity contribution is 0.102. The van der Waals surface area contributed by atoms with E-state index in [-0.39, 0.29) is 11.6 Å². The lowest BCUT2D eigenvalue weighted by Gasteiger charge is -2.09. The van der Waals surface area contributed by atoms with Gasteiger partial charge in [-0.05, 0) is 61.4 Å². The Bertz CT molecular complexity index is 893. The van der Waals surface area contributed by atoms with Crippen molar-refractivity contribution in [1.82, 2.24) is 9.97 Å². The number of aromatic nitrogens is 2. The molecule has 0 bridgehead atoms. The van der Waals surface area contributed by atoms with Crippen LogP contribution in [0.3, 0.4) is 0 Å². The number of nitrogens with zero attached hydrogens (tertiary/aromatic N) is 2. The largest absolute Gasteiger partial charge is 0.494 e. The third-order valence-electron chi connectivity index (χ3n) is 3.93. The van der Waals surface area contributed by atoms with Crippen LogP contribution >= 0.6 is 0 Å². The average Bonchev–Trinajstić information content (AvgIpc) is 2.70. The Hall–Kier alpha value is -3.41. The highest BCUT2D eigenvalue weighted by Crippen LogP contribution is 2.17. The molecule has 0 aliphatic rings. The highest BCUT2D eigenvalue weighted by Gasteiger charge is 2.10. The lowest BCUT2D eigenvalue weighted by atomic mass is 10.1. The fourth-order valence-electron chi connectivity index (χ4n) is 2.49. The van der Waals surface area contributed by atoms with Crippen molar-refractivity contribution in [3.05, 3.63) is 72.1 Å². The summed E-state index contributed by atoms with van der Waals surface area (Å²) >= 11 is 0. The van der Waals surface area contributed by atoms with Gasteiger partial charge in [0.05, 0.1) is 6.61 Å². The van der Waals surface area contributed by atoms with Crippen LogP contribution in [-0.4, -0.2) is 22.5 Å². The summed E-state index contributed by atoms with van der Waals surface area (Å²) in [5.41, 5.74) is 3.08. The minimum absolute atomic E-state index is 0.284. The zero-order chi connectivity index (χ0) is 19.1. The number of aryl methyl sites for hydroxylation is 1. The van der Waals surface area contributed by atoms with Crippen LogP contribution in [0, 0.1) is 0 Å². The molecule has 0 aliphatic heterocycles. The lowest BCUT2D eigenvalue weighted by Crippen LogP contribution is -2.14.